The number of halogens is 2. The van der Waals surface area contributed by atoms with E-state index in [0.717, 1.165) is 5.56 Å². The van der Waals surface area contributed by atoms with E-state index in [9.17, 15) is 4.79 Å². The van der Waals surface area contributed by atoms with E-state index < -0.39 is 5.97 Å². The lowest BCUT2D eigenvalue weighted by Gasteiger charge is -2.05. The molecular weight excluding hydrogens is 289 g/mol. The molecule has 0 amide bonds. The van der Waals surface area contributed by atoms with Crippen molar-refractivity contribution in [3.05, 3.63) is 34.1 Å². The zero-order valence-corrected chi connectivity index (χ0v) is 11.9. The minimum Gasteiger partial charge on any atom is -0.468 e. The van der Waals surface area contributed by atoms with E-state index >= 15 is 0 Å². The lowest BCUT2D eigenvalue weighted by atomic mass is 10.2. The van der Waals surface area contributed by atoms with Gasteiger partial charge in [-0.25, -0.2) is 9.67 Å². The predicted octanol–water partition coefficient (Wildman–Crippen LogP) is 2.73. The Morgan fingerprint density at radius 1 is 1.37 bits per heavy atom. The van der Waals surface area contributed by atoms with E-state index in [4.69, 9.17) is 23.2 Å². The Balaban J connectivity index is 2.43. The number of hydrogen-bond acceptors (Lipinski definition) is 4. The summed E-state index contributed by atoms with van der Waals surface area (Å²) >= 11 is 11.8. The number of rotatable bonds is 3. The van der Waals surface area contributed by atoms with Crippen LogP contribution in [0.15, 0.2) is 18.2 Å². The standard InChI is InChI=1S/C12H11Cl2N3O2/c1-7-15-12(17(16-7)6-11(18)19-2)8-3-4-9(13)10(14)5-8/h3-5H,6H2,1-2H3. The molecule has 2 rings (SSSR count). The fourth-order valence-electron chi connectivity index (χ4n) is 1.60. The molecule has 0 fully saturated rings. The number of aromatic nitrogens is 3. The van der Waals surface area contributed by atoms with Gasteiger partial charge in [0.2, 0.25) is 0 Å². The van der Waals surface area contributed by atoms with E-state index in [0.29, 0.717) is 21.7 Å². The Hall–Kier alpha value is -1.59. The van der Waals surface area contributed by atoms with Crippen LogP contribution in [0, 0.1) is 6.92 Å². The van der Waals surface area contributed by atoms with Crippen molar-refractivity contribution in [3.63, 3.8) is 0 Å². The molecule has 5 nitrogen and oxygen atoms in total. The van der Waals surface area contributed by atoms with Gasteiger partial charge in [-0.15, -0.1) is 0 Å². The number of ether oxygens (including phenoxy) is 1. The van der Waals surface area contributed by atoms with Crippen LogP contribution in [0.5, 0.6) is 0 Å². The SMILES string of the molecule is COC(=O)Cn1nc(C)nc1-c1ccc(Cl)c(Cl)c1. The van der Waals surface area contributed by atoms with Crippen LogP contribution < -0.4 is 0 Å². The number of benzene rings is 1. The van der Waals surface area contributed by atoms with Crippen molar-refractivity contribution in [2.24, 2.45) is 0 Å². The zero-order valence-electron chi connectivity index (χ0n) is 10.4. The number of nitrogens with zero attached hydrogens (tertiary/aromatic N) is 3. The first-order valence-corrected chi connectivity index (χ1v) is 6.20. The van der Waals surface area contributed by atoms with Gasteiger partial charge in [0.25, 0.3) is 0 Å². The summed E-state index contributed by atoms with van der Waals surface area (Å²) in [5.74, 6) is 0.706. The zero-order chi connectivity index (χ0) is 14.0. The molecule has 0 aliphatic carbocycles. The molecule has 0 atom stereocenters. The van der Waals surface area contributed by atoms with E-state index in [1.165, 1.54) is 11.8 Å². The van der Waals surface area contributed by atoms with Gasteiger partial charge in [0.05, 0.1) is 17.2 Å². The van der Waals surface area contributed by atoms with Crippen molar-refractivity contribution in [1.82, 2.24) is 14.8 Å². The molecule has 0 spiro atoms. The average Bonchev–Trinajstić information content (AvgIpc) is 2.73. The highest BCUT2D eigenvalue weighted by molar-refractivity contribution is 6.42. The lowest BCUT2D eigenvalue weighted by Crippen LogP contribution is -2.14. The number of esters is 1. The molecule has 0 N–H and O–H groups in total. The Morgan fingerprint density at radius 3 is 2.74 bits per heavy atom. The molecule has 100 valence electrons. The lowest BCUT2D eigenvalue weighted by molar-refractivity contribution is -0.141. The van der Waals surface area contributed by atoms with Gasteiger partial charge in [-0.1, -0.05) is 23.2 Å². The smallest absolute Gasteiger partial charge is 0.327 e. The number of carbonyl (C=O) groups is 1. The summed E-state index contributed by atoms with van der Waals surface area (Å²) in [4.78, 5) is 15.6. The number of aryl methyl sites for hydroxylation is 1. The second kappa shape index (κ2) is 5.59. The van der Waals surface area contributed by atoms with Crippen molar-refractivity contribution in [3.8, 4) is 11.4 Å². The molecule has 0 bridgehead atoms. The normalized spacial score (nSPS) is 10.5. The Kier molecular flexibility index (Phi) is 4.07. The number of hydrogen-bond donors (Lipinski definition) is 0. The Morgan fingerprint density at radius 2 is 2.11 bits per heavy atom. The maximum absolute atomic E-state index is 11.3. The minimum atomic E-state index is -0.397. The maximum atomic E-state index is 11.3. The van der Waals surface area contributed by atoms with E-state index in [-0.39, 0.29) is 6.54 Å². The molecule has 0 saturated carbocycles. The summed E-state index contributed by atoms with van der Waals surface area (Å²) in [7, 11) is 1.32. The van der Waals surface area contributed by atoms with E-state index in [1.54, 1.807) is 25.1 Å². The maximum Gasteiger partial charge on any atom is 0.327 e. The highest BCUT2D eigenvalue weighted by Gasteiger charge is 2.14. The molecule has 1 aromatic heterocycles. The molecule has 19 heavy (non-hydrogen) atoms. The number of methoxy groups -OCH3 is 1. The van der Waals surface area contributed by atoms with Crippen LogP contribution in [-0.2, 0) is 16.1 Å². The molecule has 1 heterocycles. The molecule has 0 aliphatic heterocycles. The third kappa shape index (κ3) is 3.05. The van der Waals surface area contributed by atoms with Gasteiger partial charge in [-0.05, 0) is 25.1 Å². The highest BCUT2D eigenvalue weighted by atomic mass is 35.5. The van der Waals surface area contributed by atoms with Crippen LogP contribution in [0.2, 0.25) is 10.0 Å². The summed E-state index contributed by atoms with van der Waals surface area (Å²) in [6.07, 6.45) is 0. The van der Waals surface area contributed by atoms with E-state index in [1.807, 2.05) is 0 Å². The molecule has 2 aromatic rings. The summed E-state index contributed by atoms with van der Waals surface area (Å²) in [5.41, 5.74) is 0.735. The third-order valence-electron chi connectivity index (χ3n) is 2.46. The van der Waals surface area contributed by atoms with Crippen LogP contribution in [0.1, 0.15) is 5.82 Å². The fraction of sp³-hybridized carbons (Fsp3) is 0.250. The molecule has 0 saturated heterocycles. The third-order valence-corrected chi connectivity index (χ3v) is 3.20. The van der Waals surface area contributed by atoms with Gasteiger partial charge in [0.1, 0.15) is 12.4 Å². The van der Waals surface area contributed by atoms with Gasteiger partial charge in [-0.3, -0.25) is 4.79 Å². The Bertz CT molecular complexity index is 625. The second-order valence-corrected chi connectivity index (χ2v) is 4.66. The predicted molar refractivity (Wildman–Crippen MR) is 72.2 cm³/mol. The molecule has 0 radical (unpaired) electrons. The van der Waals surface area contributed by atoms with Gasteiger partial charge < -0.3 is 4.74 Å². The van der Waals surface area contributed by atoms with Crippen molar-refractivity contribution >= 4 is 29.2 Å². The van der Waals surface area contributed by atoms with Crippen molar-refractivity contribution in [2.75, 3.05) is 7.11 Å². The fourth-order valence-corrected chi connectivity index (χ4v) is 1.90. The quantitative estimate of drug-likeness (QED) is 0.818. The van der Waals surface area contributed by atoms with Crippen LogP contribution in [0.25, 0.3) is 11.4 Å². The number of carbonyl (C=O) groups excluding carboxylic acids is 1. The van der Waals surface area contributed by atoms with Crippen molar-refractivity contribution in [1.29, 1.82) is 0 Å². The van der Waals surface area contributed by atoms with Crippen molar-refractivity contribution in [2.45, 2.75) is 13.5 Å². The molecule has 1 aromatic carbocycles. The van der Waals surface area contributed by atoms with Gasteiger partial charge in [0, 0.05) is 5.56 Å². The largest absolute Gasteiger partial charge is 0.468 e. The first-order chi connectivity index (χ1) is 9.01. The molecule has 7 heteroatoms. The van der Waals surface area contributed by atoms with Crippen LogP contribution in [0.4, 0.5) is 0 Å². The van der Waals surface area contributed by atoms with Crippen LogP contribution >= 0.6 is 23.2 Å². The van der Waals surface area contributed by atoms with Crippen molar-refractivity contribution < 1.29 is 9.53 Å². The second-order valence-electron chi connectivity index (χ2n) is 3.85. The van der Waals surface area contributed by atoms with Gasteiger partial charge in [0.15, 0.2) is 5.82 Å². The Labute approximate surface area is 120 Å². The average molecular weight is 300 g/mol. The molecular formula is C12H11Cl2N3O2. The van der Waals surface area contributed by atoms with Gasteiger partial charge in [-0.2, -0.15) is 5.10 Å². The topological polar surface area (TPSA) is 57.0 Å². The van der Waals surface area contributed by atoms with Crippen LogP contribution in [0.3, 0.4) is 0 Å². The van der Waals surface area contributed by atoms with Crippen LogP contribution in [-0.4, -0.2) is 27.8 Å². The van der Waals surface area contributed by atoms with E-state index in [2.05, 4.69) is 14.8 Å². The first kappa shape index (κ1) is 13.8. The highest BCUT2D eigenvalue weighted by Crippen LogP contribution is 2.27. The summed E-state index contributed by atoms with van der Waals surface area (Å²) < 4.78 is 6.10. The summed E-state index contributed by atoms with van der Waals surface area (Å²) in [6, 6.07) is 5.12. The molecule has 0 aliphatic rings. The monoisotopic (exact) mass is 299 g/mol. The summed E-state index contributed by atoms with van der Waals surface area (Å²) in [5, 5.41) is 5.04. The minimum absolute atomic E-state index is 0.00702. The first-order valence-electron chi connectivity index (χ1n) is 5.45. The summed E-state index contributed by atoms with van der Waals surface area (Å²) in [6.45, 7) is 1.74. The molecule has 0 unspecified atom stereocenters. The van der Waals surface area contributed by atoms with Gasteiger partial charge >= 0.3 is 5.97 Å².